The van der Waals surface area contributed by atoms with Crippen LogP contribution in [0.15, 0.2) is 33.8 Å². The summed E-state index contributed by atoms with van der Waals surface area (Å²) in [5, 5.41) is 14.5. The first kappa shape index (κ1) is 13.7. The van der Waals surface area contributed by atoms with Crippen LogP contribution in [0.25, 0.3) is 22.6 Å². The Hall–Kier alpha value is -2.28. The summed E-state index contributed by atoms with van der Waals surface area (Å²) >= 11 is 1.13. The van der Waals surface area contributed by atoms with Crippen LogP contribution in [0.4, 0.5) is 0 Å². The predicted molar refractivity (Wildman–Crippen MR) is 79.3 cm³/mol. The van der Waals surface area contributed by atoms with Crippen LogP contribution >= 0.6 is 11.8 Å². The molecule has 0 fully saturated rings. The molecule has 0 saturated carbocycles. The second-order valence-electron chi connectivity index (χ2n) is 4.68. The van der Waals surface area contributed by atoms with Gasteiger partial charge in [-0.2, -0.15) is 4.98 Å². The van der Waals surface area contributed by atoms with Crippen molar-refractivity contribution in [1.82, 2.24) is 14.8 Å². The van der Waals surface area contributed by atoms with Gasteiger partial charge < -0.3 is 9.52 Å². The van der Waals surface area contributed by atoms with Gasteiger partial charge in [-0.25, -0.2) is 4.68 Å². The van der Waals surface area contributed by atoms with Gasteiger partial charge in [0.05, 0.1) is 5.75 Å². The van der Waals surface area contributed by atoms with Crippen molar-refractivity contribution < 1.29 is 14.3 Å². The molecule has 0 unspecified atom stereocenters. The summed E-state index contributed by atoms with van der Waals surface area (Å²) < 4.78 is 7.30. The van der Waals surface area contributed by atoms with E-state index in [0.29, 0.717) is 16.7 Å². The van der Waals surface area contributed by atoms with Gasteiger partial charge in [0.1, 0.15) is 5.58 Å². The predicted octanol–water partition coefficient (Wildman–Crippen LogP) is 2.71. The number of nitrogens with zero attached hydrogens (tertiary/aromatic N) is 3. The monoisotopic (exact) mass is 303 g/mol. The largest absolute Gasteiger partial charge is 0.481 e. The molecule has 6 nitrogen and oxygen atoms in total. The van der Waals surface area contributed by atoms with E-state index < -0.39 is 5.97 Å². The molecule has 2 heterocycles. The highest BCUT2D eigenvalue weighted by Gasteiger charge is 2.15. The second-order valence-corrected chi connectivity index (χ2v) is 5.62. The minimum absolute atomic E-state index is 0.0503. The highest BCUT2D eigenvalue weighted by molar-refractivity contribution is 7.99. The van der Waals surface area contributed by atoms with Gasteiger partial charge in [-0.3, -0.25) is 4.79 Å². The van der Waals surface area contributed by atoms with Crippen molar-refractivity contribution in [2.45, 2.75) is 12.1 Å². The van der Waals surface area contributed by atoms with Crippen LogP contribution in [0, 0.1) is 6.92 Å². The fraction of sp³-hybridized carbons (Fsp3) is 0.214. The molecular weight excluding hydrogens is 290 g/mol. The molecule has 21 heavy (non-hydrogen) atoms. The van der Waals surface area contributed by atoms with E-state index in [9.17, 15) is 4.79 Å². The SMILES string of the molecule is Cc1ccc2oc(-c3nc(SCC(=O)O)n(C)n3)cc2c1. The zero-order chi connectivity index (χ0) is 15.0. The van der Waals surface area contributed by atoms with E-state index in [1.807, 2.05) is 31.2 Å². The van der Waals surface area contributed by atoms with Crippen molar-refractivity contribution in [2.75, 3.05) is 5.75 Å². The topological polar surface area (TPSA) is 81.1 Å². The molecule has 0 aliphatic carbocycles. The maximum absolute atomic E-state index is 10.6. The summed E-state index contributed by atoms with van der Waals surface area (Å²) in [6, 6.07) is 7.82. The Morgan fingerprint density at radius 2 is 2.24 bits per heavy atom. The van der Waals surface area contributed by atoms with Crippen molar-refractivity contribution in [3.63, 3.8) is 0 Å². The van der Waals surface area contributed by atoms with Crippen LogP contribution < -0.4 is 0 Å². The summed E-state index contributed by atoms with van der Waals surface area (Å²) in [5.41, 5.74) is 1.93. The van der Waals surface area contributed by atoms with Crippen LogP contribution in [0.5, 0.6) is 0 Å². The molecule has 0 saturated heterocycles. The van der Waals surface area contributed by atoms with Crippen LogP contribution in [-0.2, 0) is 11.8 Å². The maximum atomic E-state index is 10.6. The fourth-order valence-electron chi connectivity index (χ4n) is 2.00. The lowest BCUT2D eigenvalue weighted by atomic mass is 10.2. The van der Waals surface area contributed by atoms with E-state index in [0.717, 1.165) is 28.3 Å². The van der Waals surface area contributed by atoms with Crippen molar-refractivity contribution in [3.8, 4) is 11.6 Å². The van der Waals surface area contributed by atoms with Gasteiger partial charge in [0.15, 0.2) is 10.9 Å². The molecule has 0 aliphatic heterocycles. The first-order valence-corrected chi connectivity index (χ1v) is 7.27. The summed E-state index contributed by atoms with van der Waals surface area (Å²) in [7, 11) is 1.73. The highest BCUT2D eigenvalue weighted by atomic mass is 32.2. The number of benzene rings is 1. The zero-order valence-corrected chi connectivity index (χ0v) is 12.3. The Morgan fingerprint density at radius 3 is 3.00 bits per heavy atom. The first-order chi connectivity index (χ1) is 10.0. The van der Waals surface area contributed by atoms with E-state index >= 15 is 0 Å². The standard InChI is InChI=1S/C14H13N3O3S/c1-8-3-4-10-9(5-8)6-11(20-10)13-15-14(17(2)16-13)21-7-12(18)19/h3-6H,7H2,1-2H3,(H,18,19). The van der Waals surface area contributed by atoms with Gasteiger partial charge in [-0.15, -0.1) is 5.10 Å². The average Bonchev–Trinajstić information content (AvgIpc) is 2.99. The average molecular weight is 303 g/mol. The Balaban J connectivity index is 1.95. The third kappa shape index (κ3) is 2.78. The van der Waals surface area contributed by atoms with Crippen LogP contribution in [0.1, 0.15) is 5.56 Å². The van der Waals surface area contributed by atoms with Crippen molar-refractivity contribution >= 4 is 28.7 Å². The van der Waals surface area contributed by atoms with E-state index in [1.165, 1.54) is 0 Å². The second kappa shape index (κ2) is 5.25. The van der Waals surface area contributed by atoms with Gasteiger partial charge in [0, 0.05) is 12.4 Å². The maximum Gasteiger partial charge on any atom is 0.313 e. The van der Waals surface area contributed by atoms with Crippen LogP contribution in [0.2, 0.25) is 0 Å². The first-order valence-electron chi connectivity index (χ1n) is 6.29. The number of aryl methyl sites for hydroxylation is 2. The summed E-state index contributed by atoms with van der Waals surface area (Å²) in [6.07, 6.45) is 0. The highest BCUT2D eigenvalue weighted by Crippen LogP contribution is 2.28. The lowest BCUT2D eigenvalue weighted by Gasteiger charge is -1.94. The summed E-state index contributed by atoms with van der Waals surface area (Å²) in [5.74, 6) is 0.0991. The number of fused-ring (bicyclic) bond motifs is 1. The van der Waals surface area contributed by atoms with E-state index in [-0.39, 0.29) is 5.75 Å². The normalized spacial score (nSPS) is 11.1. The molecule has 0 bridgehead atoms. The van der Waals surface area contributed by atoms with Gasteiger partial charge in [-0.1, -0.05) is 23.4 Å². The molecule has 0 spiro atoms. The number of carboxylic acid groups (broad SMARTS) is 1. The molecule has 3 aromatic rings. The van der Waals surface area contributed by atoms with Gasteiger partial charge in [0.25, 0.3) is 0 Å². The smallest absolute Gasteiger partial charge is 0.313 e. The van der Waals surface area contributed by atoms with Crippen molar-refractivity contribution in [2.24, 2.45) is 7.05 Å². The minimum Gasteiger partial charge on any atom is -0.481 e. The Morgan fingerprint density at radius 1 is 1.43 bits per heavy atom. The van der Waals surface area contributed by atoms with E-state index in [4.69, 9.17) is 9.52 Å². The Bertz CT molecular complexity index is 822. The third-order valence-electron chi connectivity index (χ3n) is 2.94. The van der Waals surface area contributed by atoms with Gasteiger partial charge in [0.2, 0.25) is 5.82 Å². The molecule has 0 aliphatic rings. The minimum atomic E-state index is -0.885. The van der Waals surface area contributed by atoms with Gasteiger partial charge in [-0.05, 0) is 25.1 Å². The van der Waals surface area contributed by atoms with Gasteiger partial charge >= 0.3 is 5.97 Å². The molecule has 0 amide bonds. The quantitative estimate of drug-likeness (QED) is 0.746. The number of rotatable bonds is 4. The number of aliphatic carboxylic acids is 1. The molecular formula is C14H13N3O3S. The number of hydrogen-bond donors (Lipinski definition) is 1. The van der Waals surface area contributed by atoms with E-state index in [2.05, 4.69) is 10.1 Å². The lowest BCUT2D eigenvalue weighted by molar-refractivity contribution is -0.133. The number of carboxylic acids is 1. The molecule has 1 aromatic carbocycles. The van der Waals surface area contributed by atoms with E-state index in [1.54, 1.807) is 11.7 Å². The van der Waals surface area contributed by atoms with Crippen LogP contribution in [-0.4, -0.2) is 31.6 Å². The molecule has 0 atom stereocenters. The Labute approximate surface area is 124 Å². The Kier molecular flexibility index (Phi) is 3.42. The molecule has 0 radical (unpaired) electrons. The molecule has 108 valence electrons. The van der Waals surface area contributed by atoms with Crippen LogP contribution in [0.3, 0.4) is 0 Å². The van der Waals surface area contributed by atoms with Crippen molar-refractivity contribution in [1.29, 1.82) is 0 Å². The number of thioether (sulfide) groups is 1. The van der Waals surface area contributed by atoms with Crippen molar-refractivity contribution in [3.05, 3.63) is 29.8 Å². The number of furan rings is 1. The number of aromatic nitrogens is 3. The molecule has 3 rings (SSSR count). The summed E-state index contributed by atoms with van der Waals surface area (Å²) in [4.78, 5) is 14.9. The zero-order valence-electron chi connectivity index (χ0n) is 11.5. The lowest BCUT2D eigenvalue weighted by Crippen LogP contribution is -2.00. The summed E-state index contributed by atoms with van der Waals surface area (Å²) in [6.45, 7) is 2.02. The number of carbonyl (C=O) groups is 1. The number of hydrogen-bond acceptors (Lipinski definition) is 5. The third-order valence-corrected chi connectivity index (χ3v) is 3.95. The molecule has 2 aromatic heterocycles. The molecule has 1 N–H and O–H groups in total. The fourth-order valence-corrected chi connectivity index (χ4v) is 2.63. The molecule has 7 heteroatoms.